The standard InChI is InChI=1S/C17H21N3O3/c1-2-22-15(21)12-20-10-6-9-14(11-20)17-18-16(19-23-17)13-7-4-3-5-8-13/h3-5,7-8,14H,2,6,9-12H2,1H3. The summed E-state index contributed by atoms with van der Waals surface area (Å²) in [6, 6.07) is 9.78. The molecule has 6 nitrogen and oxygen atoms in total. The molecule has 2 aromatic rings. The first kappa shape index (κ1) is 15.7. The van der Waals surface area contributed by atoms with Crippen LogP contribution in [-0.4, -0.2) is 47.3 Å². The molecule has 0 amide bonds. The maximum absolute atomic E-state index is 11.6. The first-order valence-corrected chi connectivity index (χ1v) is 8.03. The number of rotatable bonds is 5. The number of hydrogen-bond acceptors (Lipinski definition) is 6. The molecule has 0 saturated carbocycles. The molecule has 1 unspecified atom stereocenters. The van der Waals surface area contributed by atoms with Gasteiger partial charge in [0.25, 0.3) is 0 Å². The first-order chi connectivity index (χ1) is 11.3. The van der Waals surface area contributed by atoms with Gasteiger partial charge in [-0.3, -0.25) is 9.69 Å². The van der Waals surface area contributed by atoms with Crippen LogP contribution in [0.2, 0.25) is 0 Å². The highest BCUT2D eigenvalue weighted by molar-refractivity contribution is 5.71. The van der Waals surface area contributed by atoms with Crippen LogP contribution >= 0.6 is 0 Å². The Morgan fingerprint density at radius 2 is 2.22 bits per heavy atom. The minimum Gasteiger partial charge on any atom is -0.465 e. The fourth-order valence-corrected chi connectivity index (χ4v) is 2.90. The molecule has 1 aromatic carbocycles. The SMILES string of the molecule is CCOC(=O)CN1CCCC(c2nc(-c3ccccc3)no2)C1. The first-order valence-electron chi connectivity index (χ1n) is 8.03. The van der Waals surface area contributed by atoms with E-state index in [1.54, 1.807) is 0 Å². The van der Waals surface area contributed by atoms with E-state index in [1.165, 1.54) is 0 Å². The Balaban J connectivity index is 1.65. The number of carbonyl (C=O) groups is 1. The largest absolute Gasteiger partial charge is 0.465 e. The summed E-state index contributed by atoms with van der Waals surface area (Å²) < 4.78 is 10.5. The number of likely N-dealkylation sites (tertiary alicyclic amines) is 1. The van der Waals surface area contributed by atoms with Crippen molar-refractivity contribution in [3.8, 4) is 11.4 Å². The Morgan fingerprint density at radius 1 is 1.39 bits per heavy atom. The summed E-state index contributed by atoms with van der Waals surface area (Å²) in [6.45, 7) is 4.20. The maximum atomic E-state index is 11.6. The molecular formula is C17H21N3O3. The number of hydrogen-bond donors (Lipinski definition) is 0. The Bertz CT molecular complexity index is 642. The quantitative estimate of drug-likeness (QED) is 0.790. The zero-order valence-electron chi connectivity index (χ0n) is 13.3. The zero-order chi connectivity index (χ0) is 16.1. The number of benzene rings is 1. The molecule has 1 saturated heterocycles. The highest BCUT2D eigenvalue weighted by atomic mass is 16.5. The monoisotopic (exact) mass is 315 g/mol. The van der Waals surface area contributed by atoms with E-state index in [2.05, 4.69) is 15.0 Å². The molecule has 0 N–H and O–H groups in total. The smallest absolute Gasteiger partial charge is 0.320 e. The normalized spacial score (nSPS) is 18.7. The van der Waals surface area contributed by atoms with Crippen LogP contribution in [0.15, 0.2) is 34.9 Å². The van der Waals surface area contributed by atoms with Crippen LogP contribution in [0.3, 0.4) is 0 Å². The summed E-state index contributed by atoms with van der Waals surface area (Å²) >= 11 is 0. The van der Waals surface area contributed by atoms with Gasteiger partial charge in [-0.1, -0.05) is 35.5 Å². The minimum atomic E-state index is -0.177. The summed E-state index contributed by atoms with van der Waals surface area (Å²) in [5, 5.41) is 4.08. The summed E-state index contributed by atoms with van der Waals surface area (Å²) in [5.74, 6) is 1.26. The van der Waals surface area contributed by atoms with Crippen molar-refractivity contribution in [1.82, 2.24) is 15.0 Å². The highest BCUT2D eigenvalue weighted by Gasteiger charge is 2.27. The van der Waals surface area contributed by atoms with Crippen LogP contribution in [-0.2, 0) is 9.53 Å². The van der Waals surface area contributed by atoms with E-state index in [9.17, 15) is 4.79 Å². The lowest BCUT2D eigenvalue weighted by molar-refractivity contribution is -0.144. The molecule has 6 heteroatoms. The van der Waals surface area contributed by atoms with E-state index < -0.39 is 0 Å². The highest BCUT2D eigenvalue weighted by Crippen LogP contribution is 2.27. The van der Waals surface area contributed by atoms with E-state index >= 15 is 0 Å². The van der Waals surface area contributed by atoms with E-state index in [1.807, 2.05) is 37.3 Å². The van der Waals surface area contributed by atoms with Crippen molar-refractivity contribution < 1.29 is 14.1 Å². The number of piperidine rings is 1. The molecule has 0 spiro atoms. The third kappa shape index (κ3) is 3.96. The Kier molecular flexibility index (Phi) is 5.02. The van der Waals surface area contributed by atoms with Crippen molar-refractivity contribution in [3.63, 3.8) is 0 Å². The topological polar surface area (TPSA) is 68.5 Å². The lowest BCUT2D eigenvalue weighted by Crippen LogP contribution is -2.38. The third-order valence-electron chi connectivity index (χ3n) is 3.99. The summed E-state index contributed by atoms with van der Waals surface area (Å²) in [5.41, 5.74) is 0.946. The third-order valence-corrected chi connectivity index (χ3v) is 3.99. The van der Waals surface area contributed by atoms with Gasteiger partial charge in [-0.2, -0.15) is 4.98 Å². The number of ether oxygens (including phenoxy) is 1. The van der Waals surface area contributed by atoms with Gasteiger partial charge in [0.2, 0.25) is 11.7 Å². The van der Waals surface area contributed by atoms with Crippen LogP contribution in [0.5, 0.6) is 0 Å². The van der Waals surface area contributed by atoms with E-state index in [0.717, 1.165) is 31.5 Å². The zero-order valence-corrected chi connectivity index (χ0v) is 13.3. The van der Waals surface area contributed by atoms with Crippen molar-refractivity contribution in [2.45, 2.75) is 25.7 Å². The molecule has 3 rings (SSSR count). The van der Waals surface area contributed by atoms with Gasteiger partial charge in [0, 0.05) is 12.1 Å². The van der Waals surface area contributed by atoms with E-state index in [-0.39, 0.29) is 11.9 Å². The number of aromatic nitrogens is 2. The van der Waals surface area contributed by atoms with E-state index in [4.69, 9.17) is 9.26 Å². The average molecular weight is 315 g/mol. The molecule has 1 aliphatic rings. The van der Waals surface area contributed by atoms with Crippen molar-refractivity contribution in [2.24, 2.45) is 0 Å². The predicted octanol–water partition coefficient (Wildman–Crippen LogP) is 2.48. The van der Waals surface area contributed by atoms with Gasteiger partial charge in [0.1, 0.15) is 0 Å². The van der Waals surface area contributed by atoms with Crippen LogP contribution in [0.4, 0.5) is 0 Å². The number of esters is 1. The second kappa shape index (κ2) is 7.37. The van der Waals surface area contributed by atoms with Gasteiger partial charge in [-0.05, 0) is 26.3 Å². The fourth-order valence-electron chi connectivity index (χ4n) is 2.90. The van der Waals surface area contributed by atoms with Gasteiger partial charge in [-0.15, -0.1) is 0 Å². The van der Waals surface area contributed by atoms with Crippen LogP contribution in [0, 0.1) is 0 Å². The fraction of sp³-hybridized carbons (Fsp3) is 0.471. The van der Waals surface area contributed by atoms with Gasteiger partial charge < -0.3 is 9.26 Å². The molecule has 1 fully saturated rings. The molecule has 1 aliphatic heterocycles. The predicted molar refractivity (Wildman–Crippen MR) is 84.8 cm³/mol. The van der Waals surface area contributed by atoms with Gasteiger partial charge >= 0.3 is 5.97 Å². The molecule has 2 heterocycles. The van der Waals surface area contributed by atoms with Crippen molar-refractivity contribution >= 4 is 5.97 Å². The Hall–Kier alpha value is -2.21. The maximum Gasteiger partial charge on any atom is 0.320 e. The van der Waals surface area contributed by atoms with Crippen molar-refractivity contribution in [1.29, 1.82) is 0 Å². The average Bonchev–Trinajstić information content (AvgIpc) is 3.06. The molecular weight excluding hydrogens is 294 g/mol. The molecule has 23 heavy (non-hydrogen) atoms. The van der Waals surface area contributed by atoms with Gasteiger partial charge in [0.05, 0.1) is 19.1 Å². The van der Waals surface area contributed by atoms with Crippen molar-refractivity contribution in [2.75, 3.05) is 26.2 Å². The minimum absolute atomic E-state index is 0.170. The molecule has 1 atom stereocenters. The molecule has 0 radical (unpaired) electrons. The molecule has 1 aromatic heterocycles. The van der Waals surface area contributed by atoms with Crippen LogP contribution in [0.1, 0.15) is 31.6 Å². The number of nitrogens with zero attached hydrogens (tertiary/aromatic N) is 3. The lowest BCUT2D eigenvalue weighted by Gasteiger charge is -2.29. The van der Waals surface area contributed by atoms with Crippen molar-refractivity contribution in [3.05, 3.63) is 36.2 Å². The second-order valence-corrected chi connectivity index (χ2v) is 5.70. The molecule has 0 aliphatic carbocycles. The molecule has 122 valence electrons. The lowest BCUT2D eigenvalue weighted by atomic mass is 9.98. The van der Waals surface area contributed by atoms with Crippen LogP contribution < -0.4 is 0 Å². The van der Waals surface area contributed by atoms with Gasteiger partial charge in [0.15, 0.2) is 0 Å². The summed E-state index contributed by atoms with van der Waals surface area (Å²) in [7, 11) is 0. The van der Waals surface area contributed by atoms with Crippen LogP contribution in [0.25, 0.3) is 11.4 Å². The summed E-state index contributed by atoms with van der Waals surface area (Å²) in [4.78, 5) is 18.3. The summed E-state index contributed by atoms with van der Waals surface area (Å²) in [6.07, 6.45) is 2.00. The Morgan fingerprint density at radius 3 is 3.00 bits per heavy atom. The number of carbonyl (C=O) groups excluding carboxylic acids is 1. The Labute approximate surface area is 135 Å². The van der Waals surface area contributed by atoms with Gasteiger partial charge in [-0.25, -0.2) is 0 Å². The van der Waals surface area contributed by atoms with E-state index in [0.29, 0.717) is 24.9 Å². The molecule has 0 bridgehead atoms. The second-order valence-electron chi connectivity index (χ2n) is 5.70.